The number of hydrogen-bond donors (Lipinski definition) is 0. The van der Waals surface area contributed by atoms with Crippen molar-refractivity contribution in [3.63, 3.8) is 0 Å². The largest absolute Gasteiger partial charge is 0.423 e. The van der Waals surface area contributed by atoms with Gasteiger partial charge in [0.2, 0.25) is 0 Å². The van der Waals surface area contributed by atoms with Crippen molar-refractivity contribution in [2.24, 2.45) is 0 Å². The van der Waals surface area contributed by atoms with E-state index in [1.54, 1.807) is 6.07 Å². The molecule has 76 valence electrons. The van der Waals surface area contributed by atoms with Gasteiger partial charge in [-0.1, -0.05) is 12.2 Å². The zero-order chi connectivity index (χ0) is 10.8. The Kier molecular flexibility index (Phi) is 2.42. The third-order valence-electron chi connectivity index (χ3n) is 2.35. The lowest BCUT2D eigenvalue weighted by molar-refractivity contribution is 0.561. The topological polar surface area (TPSA) is 30.2 Å². The number of hydrogen-bond acceptors (Lipinski definition) is 2. The van der Waals surface area contributed by atoms with Crippen LogP contribution < -0.4 is 5.63 Å². The Morgan fingerprint density at radius 1 is 1.27 bits per heavy atom. The highest BCUT2D eigenvalue weighted by Crippen LogP contribution is 2.19. The van der Waals surface area contributed by atoms with Gasteiger partial charge in [-0.3, -0.25) is 0 Å². The second-order valence-corrected chi connectivity index (χ2v) is 3.50. The first-order chi connectivity index (χ1) is 7.20. The second-order valence-electron chi connectivity index (χ2n) is 3.50. The lowest BCUT2D eigenvalue weighted by Crippen LogP contribution is -1.95. The molecule has 0 fully saturated rings. The molecule has 1 aromatic heterocycles. The Bertz CT molecular complexity index is 577. The average Bonchev–Trinajstić information content (AvgIpc) is 2.20. The van der Waals surface area contributed by atoms with Crippen molar-refractivity contribution >= 4 is 17.0 Å². The minimum absolute atomic E-state index is 0.305. The average molecular weight is 200 g/mol. The normalized spacial score (nSPS) is 11.3. The molecular weight excluding hydrogens is 188 g/mol. The van der Waals surface area contributed by atoms with Gasteiger partial charge in [0.1, 0.15) is 5.58 Å². The fraction of sp³-hybridized carbons (Fsp3) is 0.154. The predicted octanol–water partition coefficient (Wildman–Crippen LogP) is 3.13. The van der Waals surface area contributed by atoms with Crippen LogP contribution in [0.25, 0.3) is 17.0 Å². The monoisotopic (exact) mass is 200 g/mol. The molecule has 0 aliphatic carbocycles. The molecule has 1 heterocycles. The molecule has 2 aromatic rings. The maximum atomic E-state index is 11.0. The van der Waals surface area contributed by atoms with E-state index < -0.39 is 0 Å². The molecular formula is C13H12O2. The third kappa shape index (κ3) is 1.84. The summed E-state index contributed by atoms with van der Waals surface area (Å²) in [7, 11) is 0. The molecule has 0 bridgehead atoms. The standard InChI is InChI=1S/C13H12O2/c1-3-4-10-8-11-5-6-13(14)15-12(11)7-9(10)2/h3-8H,1-2H3/b4-3-. The van der Waals surface area contributed by atoms with E-state index in [0.29, 0.717) is 5.58 Å². The highest BCUT2D eigenvalue weighted by molar-refractivity contribution is 5.80. The minimum atomic E-state index is -0.305. The molecule has 0 spiro atoms. The molecule has 0 saturated carbocycles. The lowest BCUT2D eigenvalue weighted by Gasteiger charge is -2.02. The first-order valence-electron chi connectivity index (χ1n) is 4.88. The molecule has 0 saturated heterocycles. The van der Waals surface area contributed by atoms with Gasteiger partial charge in [0.05, 0.1) is 0 Å². The van der Waals surface area contributed by atoms with Gasteiger partial charge in [-0.2, -0.15) is 0 Å². The molecule has 0 amide bonds. The summed E-state index contributed by atoms with van der Waals surface area (Å²) in [5, 5.41) is 0.952. The first-order valence-corrected chi connectivity index (χ1v) is 4.88. The summed E-state index contributed by atoms with van der Waals surface area (Å²) in [5.74, 6) is 0. The van der Waals surface area contributed by atoms with Crippen LogP contribution in [0.1, 0.15) is 18.1 Å². The number of aryl methyl sites for hydroxylation is 1. The van der Waals surface area contributed by atoms with Gasteiger partial charge in [-0.05, 0) is 43.2 Å². The van der Waals surface area contributed by atoms with Crippen LogP contribution in [-0.2, 0) is 0 Å². The summed E-state index contributed by atoms with van der Waals surface area (Å²) in [4.78, 5) is 11.0. The van der Waals surface area contributed by atoms with Gasteiger partial charge in [0.25, 0.3) is 0 Å². The van der Waals surface area contributed by atoms with Crippen LogP contribution >= 0.6 is 0 Å². The van der Waals surface area contributed by atoms with Crippen molar-refractivity contribution in [3.05, 3.63) is 51.9 Å². The quantitative estimate of drug-likeness (QED) is 0.662. The van der Waals surface area contributed by atoms with Crippen LogP contribution in [-0.4, -0.2) is 0 Å². The number of rotatable bonds is 1. The van der Waals surface area contributed by atoms with Gasteiger partial charge in [0, 0.05) is 11.5 Å². The Balaban J connectivity index is 2.76. The first kappa shape index (κ1) is 9.71. The highest BCUT2D eigenvalue weighted by Gasteiger charge is 2.01. The van der Waals surface area contributed by atoms with E-state index in [0.717, 1.165) is 16.5 Å². The second kappa shape index (κ2) is 3.73. The zero-order valence-corrected chi connectivity index (χ0v) is 8.78. The van der Waals surface area contributed by atoms with Crippen LogP contribution in [0, 0.1) is 6.92 Å². The maximum absolute atomic E-state index is 11.0. The van der Waals surface area contributed by atoms with E-state index in [4.69, 9.17) is 4.42 Å². The van der Waals surface area contributed by atoms with Gasteiger partial charge < -0.3 is 4.42 Å². The van der Waals surface area contributed by atoms with E-state index >= 15 is 0 Å². The van der Waals surface area contributed by atoms with Crippen LogP contribution in [0.2, 0.25) is 0 Å². The smallest absolute Gasteiger partial charge is 0.336 e. The molecule has 2 nitrogen and oxygen atoms in total. The van der Waals surface area contributed by atoms with Crippen LogP contribution in [0.5, 0.6) is 0 Å². The van der Waals surface area contributed by atoms with Crippen molar-refractivity contribution in [1.82, 2.24) is 0 Å². The number of benzene rings is 1. The SMILES string of the molecule is C/C=C\c1cc2ccc(=O)oc2cc1C. The van der Waals surface area contributed by atoms with Crippen molar-refractivity contribution in [2.45, 2.75) is 13.8 Å². The zero-order valence-electron chi connectivity index (χ0n) is 8.78. The summed E-state index contributed by atoms with van der Waals surface area (Å²) in [6.45, 7) is 3.98. The van der Waals surface area contributed by atoms with Crippen LogP contribution in [0.3, 0.4) is 0 Å². The van der Waals surface area contributed by atoms with Crippen molar-refractivity contribution in [2.75, 3.05) is 0 Å². The van der Waals surface area contributed by atoms with Crippen molar-refractivity contribution < 1.29 is 4.42 Å². The summed E-state index contributed by atoms with van der Waals surface area (Å²) in [5.41, 5.74) is 2.60. The molecule has 0 aliphatic rings. The summed E-state index contributed by atoms with van der Waals surface area (Å²) < 4.78 is 5.10. The summed E-state index contributed by atoms with van der Waals surface area (Å²) in [6, 6.07) is 7.14. The molecule has 2 rings (SSSR count). The Morgan fingerprint density at radius 3 is 2.80 bits per heavy atom. The predicted molar refractivity (Wildman–Crippen MR) is 61.9 cm³/mol. The third-order valence-corrected chi connectivity index (χ3v) is 2.35. The molecule has 0 aliphatic heterocycles. The van der Waals surface area contributed by atoms with E-state index in [-0.39, 0.29) is 5.63 Å². The molecule has 2 heteroatoms. The van der Waals surface area contributed by atoms with Gasteiger partial charge in [0.15, 0.2) is 0 Å². The molecule has 1 aromatic carbocycles. The fourth-order valence-electron chi connectivity index (χ4n) is 1.59. The molecule has 0 atom stereocenters. The summed E-state index contributed by atoms with van der Waals surface area (Å²) >= 11 is 0. The van der Waals surface area contributed by atoms with E-state index in [1.807, 2.05) is 38.1 Å². The van der Waals surface area contributed by atoms with Gasteiger partial charge in [-0.25, -0.2) is 4.79 Å². The van der Waals surface area contributed by atoms with Gasteiger partial charge >= 0.3 is 5.63 Å². The van der Waals surface area contributed by atoms with E-state index in [2.05, 4.69) is 0 Å². The fourth-order valence-corrected chi connectivity index (χ4v) is 1.59. The van der Waals surface area contributed by atoms with Crippen LogP contribution in [0.4, 0.5) is 0 Å². The maximum Gasteiger partial charge on any atom is 0.336 e. The van der Waals surface area contributed by atoms with E-state index in [1.165, 1.54) is 6.07 Å². The number of fused-ring (bicyclic) bond motifs is 1. The Hall–Kier alpha value is -1.83. The van der Waals surface area contributed by atoms with Crippen LogP contribution in [0.15, 0.2) is 39.6 Å². The molecule has 0 unspecified atom stereocenters. The highest BCUT2D eigenvalue weighted by atomic mass is 16.4. The minimum Gasteiger partial charge on any atom is -0.423 e. The molecule has 15 heavy (non-hydrogen) atoms. The molecule has 0 radical (unpaired) electrons. The summed E-state index contributed by atoms with van der Waals surface area (Å²) in [6.07, 6.45) is 4.03. The Labute approximate surface area is 87.8 Å². The lowest BCUT2D eigenvalue weighted by atomic mass is 10.1. The van der Waals surface area contributed by atoms with E-state index in [9.17, 15) is 4.79 Å². The number of allylic oxidation sites excluding steroid dienone is 1. The Morgan fingerprint density at radius 2 is 2.07 bits per heavy atom. The van der Waals surface area contributed by atoms with Gasteiger partial charge in [-0.15, -0.1) is 0 Å². The van der Waals surface area contributed by atoms with Crippen molar-refractivity contribution in [1.29, 1.82) is 0 Å². The molecule has 0 N–H and O–H groups in total. The van der Waals surface area contributed by atoms with Crippen molar-refractivity contribution in [3.8, 4) is 0 Å².